The van der Waals surface area contributed by atoms with Crippen LogP contribution in [-0.4, -0.2) is 35.7 Å². The van der Waals surface area contributed by atoms with E-state index in [4.69, 9.17) is 0 Å². The topological polar surface area (TPSA) is 44.7 Å². The largest absolute Gasteiger partial charge is 0.340 e. The van der Waals surface area contributed by atoms with Crippen LogP contribution < -0.4 is 5.43 Å². The number of amides is 1. The lowest BCUT2D eigenvalue weighted by molar-refractivity contribution is -0.121. The van der Waals surface area contributed by atoms with Crippen molar-refractivity contribution in [2.24, 2.45) is 5.10 Å². The molecule has 1 heterocycles. The van der Waals surface area contributed by atoms with Crippen molar-refractivity contribution < 1.29 is 4.79 Å². The highest BCUT2D eigenvalue weighted by atomic mass is 16.2. The van der Waals surface area contributed by atoms with Gasteiger partial charge in [0.1, 0.15) is 5.71 Å². The predicted molar refractivity (Wildman–Crippen MR) is 52.6 cm³/mol. The van der Waals surface area contributed by atoms with E-state index >= 15 is 0 Å². The van der Waals surface area contributed by atoms with E-state index in [-0.39, 0.29) is 11.4 Å². The molecule has 1 aliphatic rings. The van der Waals surface area contributed by atoms with Gasteiger partial charge in [-0.1, -0.05) is 0 Å². The van der Waals surface area contributed by atoms with E-state index in [0.717, 1.165) is 13.0 Å². The van der Waals surface area contributed by atoms with Crippen LogP contribution in [0.5, 0.6) is 0 Å². The summed E-state index contributed by atoms with van der Waals surface area (Å²) < 4.78 is 0. The molecule has 4 nitrogen and oxygen atoms in total. The zero-order valence-electron chi connectivity index (χ0n) is 8.72. The van der Waals surface area contributed by atoms with Crippen LogP contribution in [0.1, 0.15) is 27.2 Å². The number of hydrogen-bond acceptors (Lipinski definition) is 3. The minimum atomic E-state index is -0.0750. The molecule has 13 heavy (non-hydrogen) atoms. The first-order valence-corrected chi connectivity index (χ1v) is 4.49. The monoisotopic (exact) mass is 183 g/mol. The lowest BCUT2D eigenvalue weighted by Crippen LogP contribution is -2.33. The van der Waals surface area contributed by atoms with Gasteiger partial charge < -0.3 is 10.3 Å². The number of carbonyl (C=O) groups excluding carboxylic acids is 1. The van der Waals surface area contributed by atoms with Gasteiger partial charge in [-0.2, -0.15) is 5.10 Å². The fourth-order valence-corrected chi connectivity index (χ4v) is 1.04. The molecule has 0 atom stereocenters. The summed E-state index contributed by atoms with van der Waals surface area (Å²) in [6.45, 7) is 6.82. The second-order valence-electron chi connectivity index (χ2n) is 4.40. The van der Waals surface area contributed by atoms with Crippen molar-refractivity contribution in [3.05, 3.63) is 0 Å². The van der Waals surface area contributed by atoms with Crippen LogP contribution in [0.15, 0.2) is 5.10 Å². The first kappa shape index (κ1) is 10.0. The fraction of sp³-hybridized carbons (Fsp3) is 0.778. The molecule has 0 aromatic heterocycles. The third-order valence-electron chi connectivity index (χ3n) is 1.80. The predicted octanol–water partition coefficient (Wildman–Crippen LogP) is 0.593. The Hall–Kier alpha value is -1.06. The fourth-order valence-electron chi connectivity index (χ4n) is 1.04. The quantitative estimate of drug-likeness (QED) is 0.605. The lowest BCUT2D eigenvalue weighted by Gasteiger charge is -2.17. The average molecular weight is 183 g/mol. The van der Waals surface area contributed by atoms with Gasteiger partial charge in [-0.15, -0.1) is 0 Å². The third kappa shape index (κ3) is 2.72. The van der Waals surface area contributed by atoms with Crippen LogP contribution in [0.25, 0.3) is 0 Å². The third-order valence-corrected chi connectivity index (χ3v) is 1.80. The van der Waals surface area contributed by atoms with E-state index in [0.29, 0.717) is 5.71 Å². The molecule has 1 saturated heterocycles. The number of rotatable bonds is 1. The van der Waals surface area contributed by atoms with Crippen LogP contribution in [0.2, 0.25) is 0 Å². The molecule has 0 aromatic rings. The standard InChI is InChI=1S/C9H17N3O/c1-9(2,3)11-10-7-5-6-12(4)8(7)13/h11H,5-6H2,1-4H3/b10-7-. The van der Waals surface area contributed by atoms with Crippen LogP contribution in [0, 0.1) is 0 Å². The number of hydrazone groups is 1. The minimum Gasteiger partial charge on any atom is -0.340 e. The smallest absolute Gasteiger partial charge is 0.269 e. The molecule has 1 aliphatic heterocycles. The summed E-state index contributed by atoms with van der Waals surface area (Å²) in [6.07, 6.45) is 0.748. The summed E-state index contributed by atoms with van der Waals surface area (Å²) in [7, 11) is 1.79. The highest BCUT2D eigenvalue weighted by molar-refractivity contribution is 6.40. The van der Waals surface area contributed by atoms with E-state index in [1.165, 1.54) is 0 Å². The van der Waals surface area contributed by atoms with E-state index in [9.17, 15) is 4.79 Å². The van der Waals surface area contributed by atoms with Gasteiger partial charge in [0.2, 0.25) is 0 Å². The van der Waals surface area contributed by atoms with Crippen molar-refractivity contribution in [2.75, 3.05) is 13.6 Å². The summed E-state index contributed by atoms with van der Waals surface area (Å²) in [5.41, 5.74) is 3.52. The van der Waals surface area contributed by atoms with Gasteiger partial charge in [0, 0.05) is 25.6 Å². The number of likely N-dealkylation sites (tertiary alicyclic amines) is 1. The van der Waals surface area contributed by atoms with Gasteiger partial charge >= 0.3 is 0 Å². The molecule has 0 spiro atoms. The Balaban J connectivity index is 2.58. The van der Waals surface area contributed by atoms with E-state index in [1.807, 2.05) is 20.8 Å². The molecule has 1 amide bonds. The SMILES string of the molecule is CN1CC/C(=N/NC(C)(C)C)C1=O. The summed E-state index contributed by atoms with van der Waals surface area (Å²) >= 11 is 0. The maximum Gasteiger partial charge on any atom is 0.269 e. The summed E-state index contributed by atoms with van der Waals surface area (Å²) in [5.74, 6) is 0.0387. The van der Waals surface area contributed by atoms with Crippen LogP contribution in [-0.2, 0) is 4.79 Å². The highest BCUT2D eigenvalue weighted by Gasteiger charge is 2.24. The Morgan fingerprint density at radius 3 is 2.46 bits per heavy atom. The van der Waals surface area contributed by atoms with Crippen molar-refractivity contribution in [2.45, 2.75) is 32.7 Å². The highest BCUT2D eigenvalue weighted by Crippen LogP contribution is 2.06. The molecule has 0 saturated carbocycles. The molecule has 0 bridgehead atoms. The molecular weight excluding hydrogens is 166 g/mol. The van der Waals surface area contributed by atoms with Gasteiger partial charge in [0.05, 0.1) is 0 Å². The Morgan fingerprint density at radius 1 is 1.46 bits per heavy atom. The van der Waals surface area contributed by atoms with E-state index in [1.54, 1.807) is 11.9 Å². The van der Waals surface area contributed by atoms with Crippen molar-refractivity contribution in [1.82, 2.24) is 10.3 Å². The Bertz CT molecular complexity index is 240. The zero-order chi connectivity index (χ0) is 10.1. The summed E-state index contributed by atoms with van der Waals surface area (Å²) in [5, 5.41) is 4.10. The van der Waals surface area contributed by atoms with Crippen molar-refractivity contribution in [3.8, 4) is 0 Å². The molecule has 1 N–H and O–H groups in total. The maximum absolute atomic E-state index is 11.4. The van der Waals surface area contributed by atoms with Crippen molar-refractivity contribution in [3.63, 3.8) is 0 Å². The number of nitrogens with one attached hydrogen (secondary N) is 1. The molecule has 0 radical (unpaired) electrons. The zero-order valence-corrected chi connectivity index (χ0v) is 8.72. The molecule has 74 valence electrons. The summed E-state index contributed by atoms with van der Waals surface area (Å²) in [4.78, 5) is 13.1. The van der Waals surface area contributed by atoms with Crippen LogP contribution in [0.4, 0.5) is 0 Å². The van der Waals surface area contributed by atoms with Crippen molar-refractivity contribution in [1.29, 1.82) is 0 Å². The summed E-state index contributed by atoms with van der Waals surface area (Å²) in [6, 6.07) is 0. The molecule has 1 fully saturated rings. The Labute approximate surface area is 79.0 Å². The molecule has 1 rings (SSSR count). The maximum atomic E-state index is 11.4. The van der Waals surface area contributed by atoms with Gasteiger partial charge in [-0.25, -0.2) is 0 Å². The van der Waals surface area contributed by atoms with Gasteiger partial charge in [-0.3, -0.25) is 4.79 Å². The van der Waals surface area contributed by atoms with Gasteiger partial charge in [-0.05, 0) is 20.8 Å². The first-order chi connectivity index (χ1) is 5.90. The number of nitrogens with zero attached hydrogens (tertiary/aromatic N) is 2. The van der Waals surface area contributed by atoms with Crippen LogP contribution >= 0.6 is 0 Å². The Morgan fingerprint density at radius 2 is 2.08 bits per heavy atom. The first-order valence-electron chi connectivity index (χ1n) is 4.49. The lowest BCUT2D eigenvalue weighted by atomic mass is 10.1. The number of carbonyl (C=O) groups is 1. The normalized spacial score (nSPS) is 21.4. The Kier molecular flexibility index (Phi) is 2.59. The second kappa shape index (κ2) is 3.36. The molecule has 0 aromatic carbocycles. The number of hydrogen-bond donors (Lipinski definition) is 1. The molecule has 4 heteroatoms. The molecular formula is C9H17N3O. The van der Waals surface area contributed by atoms with Gasteiger partial charge in [0.25, 0.3) is 5.91 Å². The van der Waals surface area contributed by atoms with Gasteiger partial charge in [0.15, 0.2) is 0 Å². The van der Waals surface area contributed by atoms with Crippen LogP contribution in [0.3, 0.4) is 0 Å². The molecule has 0 aliphatic carbocycles. The van der Waals surface area contributed by atoms with E-state index in [2.05, 4.69) is 10.5 Å². The minimum absolute atomic E-state index is 0.0387. The van der Waals surface area contributed by atoms with Crippen molar-refractivity contribution >= 4 is 11.6 Å². The van der Waals surface area contributed by atoms with E-state index < -0.39 is 0 Å². The molecule has 0 unspecified atom stereocenters. The average Bonchev–Trinajstić information content (AvgIpc) is 2.29. The second-order valence-corrected chi connectivity index (χ2v) is 4.40.